The molecule has 0 spiro atoms. The summed E-state index contributed by atoms with van der Waals surface area (Å²) in [5.74, 6) is -0.423. The molecule has 2 nitrogen and oxygen atoms in total. The van der Waals surface area contributed by atoms with Crippen molar-refractivity contribution in [2.45, 2.75) is 13.5 Å². The molecule has 0 aromatic heterocycles. The van der Waals surface area contributed by atoms with Crippen LogP contribution in [0, 0.1) is 24.1 Å². The zero-order chi connectivity index (χ0) is 13.8. The highest BCUT2D eigenvalue weighted by atomic mass is 35.5. The van der Waals surface area contributed by atoms with Crippen LogP contribution >= 0.6 is 11.6 Å². The minimum atomic E-state index is -0.423. The molecule has 0 aliphatic heterocycles. The normalized spacial score (nSPS) is 10.0. The first-order valence-corrected chi connectivity index (χ1v) is 6.16. The average Bonchev–Trinajstić information content (AvgIpc) is 2.41. The van der Waals surface area contributed by atoms with Crippen LogP contribution in [-0.2, 0) is 6.54 Å². The Kier molecular flexibility index (Phi) is 4.03. The van der Waals surface area contributed by atoms with Gasteiger partial charge in [0.15, 0.2) is 0 Å². The molecule has 2 aromatic rings. The molecular formula is C15H12ClFN2. The zero-order valence-corrected chi connectivity index (χ0v) is 11.1. The molecule has 0 heterocycles. The summed E-state index contributed by atoms with van der Waals surface area (Å²) in [7, 11) is 0. The number of hydrogen-bond acceptors (Lipinski definition) is 2. The fraction of sp³-hybridized carbons (Fsp3) is 0.133. The third-order valence-electron chi connectivity index (χ3n) is 2.83. The quantitative estimate of drug-likeness (QED) is 0.907. The van der Waals surface area contributed by atoms with Gasteiger partial charge in [-0.1, -0.05) is 23.7 Å². The second kappa shape index (κ2) is 5.73. The number of nitriles is 1. The Morgan fingerprint density at radius 2 is 2.05 bits per heavy atom. The van der Waals surface area contributed by atoms with Gasteiger partial charge in [0, 0.05) is 12.2 Å². The molecule has 0 radical (unpaired) electrons. The first kappa shape index (κ1) is 13.4. The largest absolute Gasteiger partial charge is 0.381 e. The molecule has 0 aliphatic rings. The number of anilines is 1. The Balaban J connectivity index is 2.14. The fourth-order valence-electron chi connectivity index (χ4n) is 1.73. The van der Waals surface area contributed by atoms with Crippen LogP contribution < -0.4 is 5.32 Å². The molecule has 0 atom stereocenters. The van der Waals surface area contributed by atoms with E-state index in [0.29, 0.717) is 12.1 Å². The summed E-state index contributed by atoms with van der Waals surface area (Å²) in [6.45, 7) is 2.48. The lowest BCUT2D eigenvalue weighted by atomic mass is 10.1. The van der Waals surface area contributed by atoms with Crippen molar-refractivity contribution in [2.24, 2.45) is 0 Å². The van der Waals surface area contributed by atoms with E-state index in [4.69, 9.17) is 16.9 Å². The standard InChI is InChI=1S/C15H12ClFN2/c1-10-2-3-11(8-18)7-15(10)19-9-12-4-5-14(17)13(16)6-12/h2-7,19H,9H2,1H3. The molecule has 96 valence electrons. The van der Waals surface area contributed by atoms with E-state index in [2.05, 4.69) is 11.4 Å². The lowest BCUT2D eigenvalue weighted by Gasteiger charge is -2.10. The van der Waals surface area contributed by atoms with Crippen molar-refractivity contribution in [1.82, 2.24) is 0 Å². The minimum Gasteiger partial charge on any atom is -0.381 e. The van der Waals surface area contributed by atoms with Crippen molar-refractivity contribution >= 4 is 17.3 Å². The van der Waals surface area contributed by atoms with Crippen LogP contribution in [0.2, 0.25) is 5.02 Å². The molecule has 4 heteroatoms. The van der Waals surface area contributed by atoms with Gasteiger partial charge in [0.25, 0.3) is 0 Å². The second-order valence-corrected chi connectivity index (χ2v) is 4.65. The summed E-state index contributed by atoms with van der Waals surface area (Å²) in [5.41, 5.74) is 3.42. The first-order chi connectivity index (χ1) is 9.10. The van der Waals surface area contributed by atoms with Crippen LogP contribution in [0.4, 0.5) is 10.1 Å². The Bertz CT molecular complexity index is 647. The van der Waals surface area contributed by atoms with E-state index in [1.807, 2.05) is 13.0 Å². The maximum Gasteiger partial charge on any atom is 0.141 e. The molecular weight excluding hydrogens is 263 g/mol. The fourth-order valence-corrected chi connectivity index (χ4v) is 1.93. The Hall–Kier alpha value is -2.05. The number of hydrogen-bond donors (Lipinski definition) is 1. The van der Waals surface area contributed by atoms with Gasteiger partial charge >= 0.3 is 0 Å². The second-order valence-electron chi connectivity index (χ2n) is 4.24. The van der Waals surface area contributed by atoms with Crippen LogP contribution in [0.15, 0.2) is 36.4 Å². The highest BCUT2D eigenvalue weighted by Gasteiger charge is 2.03. The lowest BCUT2D eigenvalue weighted by molar-refractivity contribution is 0.627. The summed E-state index contributed by atoms with van der Waals surface area (Å²) in [5, 5.41) is 12.2. The lowest BCUT2D eigenvalue weighted by Crippen LogP contribution is -2.01. The third-order valence-corrected chi connectivity index (χ3v) is 3.12. The Labute approximate surface area is 116 Å². The van der Waals surface area contributed by atoms with Crippen molar-refractivity contribution in [1.29, 1.82) is 5.26 Å². The smallest absolute Gasteiger partial charge is 0.141 e. The number of nitrogens with zero attached hydrogens (tertiary/aromatic N) is 1. The van der Waals surface area contributed by atoms with Crippen LogP contribution in [-0.4, -0.2) is 0 Å². The molecule has 0 bridgehead atoms. The summed E-state index contributed by atoms with van der Waals surface area (Å²) in [6.07, 6.45) is 0. The van der Waals surface area contributed by atoms with Gasteiger partial charge in [0.2, 0.25) is 0 Å². The van der Waals surface area contributed by atoms with E-state index in [1.54, 1.807) is 24.3 Å². The monoisotopic (exact) mass is 274 g/mol. The van der Waals surface area contributed by atoms with Gasteiger partial charge < -0.3 is 5.32 Å². The van der Waals surface area contributed by atoms with E-state index in [9.17, 15) is 4.39 Å². The summed E-state index contributed by atoms with van der Waals surface area (Å²) in [4.78, 5) is 0. The van der Waals surface area contributed by atoms with Gasteiger partial charge in [-0.3, -0.25) is 0 Å². The number of nitrogens with one attached hydrogen (secondary N) is 1. The van der Waals surface area contributed by atoms with E-state index < -0.39 is 5.82 Å². The number of halogens is 2. The molecule has 0 saturated heterocycles. The van der Waals surface area contributed by atoms with Gasteiger partial charge in [-0.2, -0.15) is 5.26 Å². The van der Waals surface area contributed by atoms with Crippen molar-refractivity contribution in [3.8, 4) is 6.07 Å². The molecule has 2 rings (SSSR count). The van der Waals surface area contributed by atoms with Gasteiger partial charge in [-0.15, -0.1) is 0 Å². The predicted molar refractivity (Wildman–Crippen MR) is 74.6 cm³/mol. The maximum atomic E-state index is 13.0. The Morgan fingerprint density at radius 1 is 1.26 bits per heavy atom. The van der Waals surface area contributed by atoms with Gasteiger partial charge in [0.05, 0.1) is 16.7 Å². The zero-order valence-electron chi connectivity index (χ0n) is 10.4. The highest BCUT2D eigenvalue weighted by molar-refractivity contribution is 6.30. The highest BCUT2D eigenvalue weighted by Crippen LogP contribution is 2.20. The van der Waals surface area contributed by atoms with Crippen LogP contribution in [0.3, 0.4) is 0 Å². The third kappa shape index (κ3) is 3.24. The topological polar surface area (TPSA) is 35.8 Å². The Morgan fingerprint density at radius 3 is 2.74 bits per heavy atom. The van der Waals surface area contributed by atoms with Gasteiger partial charge in [-0.05, 0) is 42.3 Å². The number of benzene rings is 2. The van der Waals surface area contributed by atoms with Crippen LogP contribution in [0.1, 0.15) is 16.7 Å². The van der Waals surface area contributed by atoms with Crippen LogP contribution in [0.25, 0.3) is 0 Å². The predicted octanol–water partition coefficient (Wildman–Crippen LogP) is 4.27. The summed E-state index contributed by atoms with van der Waals surface area (Å²) < 4.78 is 13.0. The molecule has 0 aliphatic carbocycles. The first-order valence-electron chi connectivity index (χ1n) is 5.78. The van der Waals surface area contributed by atoms with Crippen LogP contribution in [0.5, 0.6) is 0 Å². The average molecular weight is 275 g/mol. The van der Waals surface area contributed by atoms with Crippen molar-refractivity contribution < 1.29 is 4.39 Å². The van der Waals surface area contributed by atoms with Gasteiger partial charge in [0.1, 0.15) is 5.82 Å². The molecule has 0 amide bonds. The SMILES string of the molecule is Cc1ccc(C#N)cc1NCc1ccc(F)c(Cl)c1. The van der Waals surface area contributed by atoms with E-state index in [1.165, 1.54) is 6.07 Å². The van der Waals surface area contributed by atoms with Crippen molar-refractivity contribution in [3.05, 3.63) is 63.9 Å². The molecule has 2 aromatic carbocycles. The van der Waals surface area contributed by atoms with E-state index in [0.717, 1.165) is 16.8 Å². The molecule has 0 fully saturated rings. The molecule has 0 saturated carbocycles. The number of rotatable bonds is 3. The molecule has 0 unspecified atom stereocenters. The van der Waals surface area contributed by atoms with E-state index in [-0.39, 0.29) is 5.02 Å². The van der Waals surface area contributed by atoms with Crippen molar-refractivity contribution in [2.75, 3.05) is 5.32 Å². The molecule has 1 N–H and O–H groups in total. The van der Waals surface area contributed by atoms with Gasteiger partial charge in [-0.25, -0.2) is 4.39 Å². The summed E-state index contributed by atoms with van der Waals surface area (Å²) >= 11 is 5.73. The van der Waals surface area contributed by atoms with E-state index >= 15 is 0 Å². The number of aryl methyl sites for hydroxylation is 1. The molecule has 19 heavy (non-hydrogen) atoms. The summed E-state index contributed by atoms with van der Waals surface area (Å²) in [6, 6.07) is 12.2. The minimum absolute atomic E-state index is 0.113. The maximum absolute atomic E-state index is 13.0. The van der Waals surface area contributed by atoms with Crippen molar-refractivity contribution in [3.63, 3.8) is 0 Å².